The molecule has 1 aromatic rings. The highest BCUT2D eigenvalue weighted by Crippen LogP contribution is 2.42. The maximum absolute atomic E-state index is 13.3. The molecule has 2 nitrogen and oxygen atoms in total. The lowest BCUT2D eigenvalue weighted by Crippen LogP contribution is -2.49. The second kappa shape index (κ2) is 8.65. The van der Waals surface area contributed by atoms with Crippen LogP contribution in [-0.4, -0.2) is 37.3 Å². The first-order valence-corrected chi connectivity index (χ1v) is 6.62. The van der Waals surface area contributed by atoms with E-state index in [1.165, 1.54) is 23.1 Å². The lowest BCUT2D eigenvalue weighted by molar-refractivity contribution is -0.187. The van der Waals surface area contributed by atoms with Crippen LogP contribution in [0.4, 0.5) is 13.2 Å². The van der Waals surface area contributed by atoms with Crippen molar-refractivity contribution in [3.63, 3.8) is 0 Å². The molecule has 0 spiro atoms. The zero-order chi connectivity index (χ0) is 14.0. The predicted molar refractivity (Wildman–Crippen MR) is 84.2 cm³/mol. The third-order valence-corrected chi connectivity index (χ3v) is 3.94. The second-order valence-corrected chi connectivity index (χ2v) is 5.16. The molecular weight excluding hydrogens is 371 g/mol. The molecule has 1 saturated heterocycles. The van der Waals surface area contributed by atoms with Crippen LogP contribution in [0.2, 0.25) is 10.0 Å². The lowest BCUT2D eigenvalue weighted by atomic mass is 10.0. The minimum atomic E-state index is -4.38. The van der Waals surface area contributed by atoms with Crippen molar-refractivity contribution in [2.24, 2.45) is 0 Å². The number of hydrogen-bond acceptors (Lipinski definition) is 2. The number of halogens is 7. The lowest BCUT2D eigenvalue weighted by Gasteiger charge is -2.36. The van der Waals surface area contributed by atoms with Crippen molar-refractivity contribution >= 4 is 48.0 Å². The van der Waals surface area contributed by atoms with Crippen molar-refractivity contribution in [3.05, 3.63) is 33.8 Å². The maximum atomic E-state index is 13.3. The van der Waals surface area contributed by atoms with E-state index in [1.807, 2.05) is 0 Å². The Morgan fingerprint density at radius 2 is 1.67 bits per heavy atom. The molecule has 0 aliphatic carbocycles. The Bertz CT molecular complexity index is 451. The van der Waals surface area contributed by atoms with Crippen LogP contribution in [0.25, 0.3) is 0 Å². The van der Waals surface area contributed by atoms with Gasteiger partial charge in [0.25, 0.3) is 0 Å². The Balaban J connectivity index is 0.00000200. The number of hydrogen-bond donors (Lipinski definition) is 1. The van der Waals surface area contributed by atoms with Gasteiger partial charge in [0, 0.05) is 26.2 Å². The molecule has 0 amide bonds. The van der Waals surface area contributed by atoms with Crippen LogP contribution in [0.15, 0.2) is 18.2 Å². The minimum Gasteiger partial charge on any atom is -0.314 e. The van der Waals surface area contributed by atoms with Gasteiger partial charge in [-0.1, -0.05) is 35.3 Å². The molecule has 1 aromatic carbocycles. The summed E-state index contributed by atoms with van der Waals surface area (Å²) in [5, 5.41) is 3.15. The van der Waals surface area contributed by atoms with Gasteiger partial charge in [0.1, 0.15) is 6.04 Å². The fourth-order valence-electron chi connectivity index (χ4n) is 2.25. The Morgan fingerprint density at radius 1 is 1.10 bits per heavy atom. The van der Waals surface area contributed by atoms with Crippen molar-refractivity contribution in [2.45, 2.75) is 12.2 Å². The molecule has 1 aliphatic rings. The largest absolute Gasteiger partial charge is 0.408 e. The van der Waals surface area contributed by atoms with Gasteiger partial charge in [-0.15, -0.1) is 24.8 Å². The van der Waals surface area contributed by atoms with E-state index < -0.39 is 12.2 Å². The van der Waals surface area contributed by atoms with Crippen LogP contribution < -0.4 is 5.32 Å². The average Bonchev–Trinajstić information content (AvgIpc) is 2.35. The summed E-state index contributed by atoms with van der Waals surface area (Å²) in [6.45, 7) is 1.72. The third-order valence-electron chi connectivity index (χ3n) is 3.10. The van der Waals surface area contributed by atoms with Crippen molar-refractivity contribution in [1.82, 2.24) is 10.2 Å². The van der Waals surface area contributed by atoms with Crippen molar-refractivity contribution < 1.29 is 13.2 Å². The maximum Gasteiger partial charge on any atom is 0.408 e. The minimum absolute atomic E-state index is 0. The third kappa shape index (κ3) is 5.05. The first kappa shape index (κ1) is 21.1. The monoisotopic (exact) mass is 384 g/mol. The first-order chi connectivity index (χ1) is 8.91. The van der Waals surface area contributed by atoms with Gasteiger partial charge in [-0.2, -0.15) is 13.2 Å². The molecule has 0 radical (unpaired) electrons. The van der Waals surface area contributed by atoms with E-state index in [9.17, 15) is 13.2 Å². The van der Waals surface area contributed by atoms with Gasteiger partial charge in [0.2, 0.25) is 0 Å². The van der Waals surface area contributed by atoms with Crippen LogP contribution in [0.1, 0.15) is 11.6 Å². The van der Waals surface area contributed by atoms with Gasteiger partial charge in [0.05, 0.1) is 10.0 Å². The van der Waals surface area contributed by atoms with Crippen LogP contribution in [-0.2, 0) is 0 Å². The highest BCUT2D eigenvalue weighted by molar-refractivity contribution is 6.42. The first-order valence-electron chi connectivity index (χ1n) is 5.86. The standard InChI is InChI=1S/C12H13Cl2F3N2.2ClH/c13-9-3-1-2-8(10(9)14)11(12(15,16)17)19-6-4-18-5-7-19;;/h1-3,11,18H,4-7H2;2*1H/t11-;;/m1../s1. The zero-order valence-corrected chi connectivity index (χ0v) is 13.9. The van der Waals surface area contributed by atoms with Gasteiger partial charge in [-0.3, -0.25) is 4.90 Å². The number of alkyl halides is 3. The topological polar surface area (TPSA) is 15.3 Å². The number of benzene rings is 1. The van der Waals surface area contributed by atoms with Gasteiger partial charge >= 0.3 is 6.18 Å². The average molecular weight is 386 g/mol. The molecule has 1 heterocycles. The molecule has 0 bridgehead atoms. The van der Waals surface area contributed by atoms with E-state index >= 15 is 0 Å². The highest BCUT2D eigenvalue weighted by Gasteiger charge is 2.45. The molecule has 1 fully saturated rings. The summed E-state index contributed by atoms with van der Waals surface area (Å²) in [4.78, 5) is 1.38. The second-order valence-electron chi connectivity index (χ2n) is 4.37. The summed E-state index contributed by atoms with van der Waals surface area (Å²) in [6, 6.07) is 2.65. The summed E-state index contributed by atoms with van der Waals surface area (Å²) in [7, 11) is 0. The van der Waals surface area contributed by atoms with E-state index in [0.29, 0.717) is 26.2 Å². The quantitative estimate of drug-likeness (QED) is 0.814. The van der Waals surface area contributed by atoms with Gasteiger partial charge in [-0.25, -0.2) is 0 Å². The molecule has 0 aromatic heterocycles. The van der Waals surface area contributed by atoms with Gasteiger partial charge in [-0.05, 0) is 11.6 Å². The van der Waals surface area contributed by atoms with E-state index in [-0.39, 0.29) is 40.4 Å². The van der Waals surface area contributed by atoms with Gasteiger partial charge in [0.15, 0.2) is 0 Å². The summed E-state index contributed by atoms with van der Waals surface area (Å²) in [6.07, 6.45) is -4.38. The van der Waals surface area contributed by atoms with Crippen molar-refractivity contribution in [2.75, 3.05) is 26.2 Å². The SMILES string of the molecule is Cl.Cl.FC(F)(F)[C@@H](c1cccc(Cl)c1Cl)N1CCNCC1. The summed E-state index contributed by atoms with van der Waals surface area (Å²) >= 11 is 11.8. The Hall–Kier alpha value is 0.0900. The van der Waals surface area contributed by atoms with Crippen LogP contribution in [0.5, 0.6) is 0 Å². The molecule has 9 heteroatoms. The molecular formula is C12H15Cl4F3N2. The molecule has 1 atom stereocenters. The normalized spacial score (nSPS) is 17.6. The van der Waals surface area contributed by atoms with Crippen LogP contribution >= 0.6 is 48.0 Å². The summed E-state index contributed by atoms with van der Waals surface area (Å²) < 4.78 is 40.0. The number of piperazine rings is 1. The molecule has 21 heavy (non-hydrogen) atoms. The number of nitrogens with one attached hydrogen (secondary N) is 1. The van der Waals surface area contributed by atoms with Gasteiger partial charge < -0.3 is 5.32 Å². The number of rotatable bonds is 2. The fraction of sp³-hybridized carbons (Fsp3) is 0.500. The summed E-state index contributed by atoms with van der Waals surface area (Å²) in [5.41, 5.74) is 0.0172. The van der Waals surface area contributed by atoms with E-state index in [1.54, 1.807) is 0 Å². The van der Waals surface area contributed by atoms with Crippen molar-refractivity contribution in [3.8, 4) is 0 Å². The van der Waals surface area contributed by atoms with Crippen molar-refractivity contribution in [1.29, 1.82) is 0 Å². The smallest absolute Gasteiger partial charge is 0.314 e. The molecule has 0 unspecified atom stereocenters. The Labute approximate surface area is 143 Å². The van der Waals surface area contributed by atoms with E-state index in [2.05, 4.69) is 5.32 Å². The van der Waals surface area contributed by atoms with E-state index in [0.717, 1.165) is 0 Å². The Kier molecular flexibility index (Phi) is 8.69. The molecule has 122 valence electrons. The fourth-order valence-corrected chi connectivity index (χ4v) is 2.66. The molecule has 0 saturated carbocycles. The predicted octanol–water partition coefficient (Wildman–Crippen LogP) is 4.35. The van der Waals surface area contributed by atoms with Crippen LogP contribution in [0, 0.1) is 0 Å². The molecule has 2 rings (SSSR count). The number of nitrogens with zero attached hydrogens (tertiary/aromatic N) is 1. The zero-order valence-electron chi connectivity index (χ0n) is 10.8. The molecule has 1 aliphatic heterocycles. The van der Waals surface area contributed by atoms with E-state index in [4.69, 9.17) is 23.2 Å². The van der Waals surface area contributed by atoms with Crippen LogP contribution in [0.3, 0.4) is 0 Å². The molecule has 1 N–H and O–H groups in total. The Morgan fingerprint density at radius 3 is 2.19 bits per heavy atom. The summed E-state index contributed by atoms with van der Waals surface area (Å²) in [5.74, 6) is 0. The highest BCUT2D eigenvalue weighted by atomic mass is 35.5.